The molecule has 1 N–H and O–H groups in total. The molecule has 0 heterocycles. The molecule has 12 heavy (non-hydrogen) atoms. The van der Waals surface area contributed by atoms with Crippen LogP contribution >= 0.6 is 0 Å². The van der Waals surface area contributed by atoms with Crippen LogP contribution in [0.2, 0.25) is 0 Å². The largest absolute Gasteiger partial charge is 0.481 e. The van der Waals surface area contributed by atoms with Gasteiger partial charge in [0.2, 0.25) is 0 Å². The van der Waals surface area contributed by atoms with Crippen LogP contribution in [0, 0.1) is 11.3 Å². The molecule has 0 aromatic carbocycles. The molecular formula is C10H18O2. The fraction of sp³-hybridized carbons (Fsp3) is 0.900. The molecular weight excluding hydrogens is 152 g/mol. The van der Waals surface area contributed by atoms with Crippen LogP contribution in [0.5, 0.6) is 0 Å². The van der Waals surface area contributed by atoms with Gasteiger partial charge in [-0.25, -0.2) is 0 Å². The molecule has 1 aliphatic carbocycles. The summed E-state index contributed by atoms with van der Waals surface area (Å²) in [6.07, 6.45) is 4.70. The highest BCUT2D eigenvalue weighted by Gasteiger charge is 2.39. The first-order valence-electron chi connectivity index (χ1n) is 4.84. The number of rotatable bonds is 2. The van der Waals surface area contributed by atoms with Gasteiger partial charge in [0.25, 0.3) is 0 Å². The maximum atomic E-state index is 11.0. The van der Waals surface area contributed by atoms with E-state index < -0.39 is 5.97 Å². The number of hydrogen-bond donors (Lipinski definition) is 1. The predicted molar refractivity (Wildman–Crippen MR) is 48.0 cm³/mol. The second kappa shape index (κ2) is 3.46. The van der Waals surface area contributed by atoms with E-state index in [4.69, 9.17) is 5.11 Å². The van der Waals surface area contributed by atoms with Gasteiger partial charge in [0.15, 0.2) is 0 Å². The van der Waals surface area contributed by atoms with Crippen LogP contribution in [0.3, 0.4) is 0 Å². The lowest BCUT2D eigenvalue weighted by Crippen LogP contribution is -2.34. The lowest BCUT2D eigenvalue weighted by atomic mass is 9.69. The zero-order chi connectivity index (χ0) is 9.19. The summed E-state index contributed by atoms with van der Waals surface area (Å²) < 4.78 is 0. The van der Waals surface area contributed by atoms with Crippen LogP contribution in [0.25, 0.3) is 0 Å². The lowest BCUT2D eigenvalue weighted by molar-refractivity contribution is -0.151. The summed E-state index contributed by atoms with van der Waals surface area (Å²) in [6, 6.07) is 0. The van der Waals surface area contributed by atoms with Gasteiger partial charge in [0.1, 0.15) is 0 Å². The van der Waals surface area contributed by atoms with Crippen molar-refractivity contribution >= 4 is 5.97 Å². The minimum absolute atomic E-state index is 0.382. The molecule has 0 aromatic rings. The summed E-state index contributed by atoms with van der Waals surface area (Å²) in [5.41, 5.74) is -0.382. The number of aliphatic carboxylic acids is 1. The molecule has 1 aliphatic rings. The normalized spacial score (nSPS) is 36.3. The Bertz CT molecular complexity index is 167. The standard InChI is InChI=1S/C10H18O2/c1-3-10(9(11)12)6-4-8(2)5-7-10/h8H,3-7H2,1-2H3,(H,11,12). The summed E-state index contributed by atoms with van der Waals surface area (Å²) in [4.78, 5) is 11.0. The van der Waals surface area contributed by atoms with Crippen molar-refractivity contribution in [1.29, 1.82) is 0 Å². The smallest absolute Gasteiger partial charge is 0.309 e. The van der Waals surface area contributed by atoms with Gasteiger partial charge in [-0.3, -0.25) is 4.79 Å². The Morgan fingerprint density at radius 3 is 2.33 bits per heavy atom. The molecule has 2 nitrogen and oxygen atoms in total. The molecule has 0 bridgehead atoms. The molecule has 0 spiro atoms. The zero-order valence-electron chi connectivity index (χ0n) is 7.97. The van der Waals surface area contributed by atoms with Gasteiger partial charge < -0.3 is 5.11 Å². The molecule has 0 amide bonds. The summed E-state index contributed by atoms with van der Waals surface area (Å²) in [7, 11) is 0. The Labute approximate surface area is 74.0 Å². The highest BCUT2D eigenvalue weighted by Crippen LogP contribution is 2.41. The van der Waals surface area contributed by atoms with Crippen LogP contribution in [-0.4, -0.2) is 11.1 Å². The van der Waals surface area contributed by atoms with E-state index in [1.807, 2.05) is 6.92 Å². The molecule has 70 valence electrons. The van der Waals surface area contributed by atoms with E-state index in [1.165, 1.54) is 0 Å². The highest BCUT2D eigenvalue weighted by atomic mass is 16.4. The van der Waals surface area contributed by atoms with Crippen molar-refractivity contribution < 1.29 is 9.90 Å². The monoisotopic (exact) mass is 170 g/mol. The Hall–Kier alpha value is -0.530. The van der Waals surface area contributed by atoms with Crippen LogP contribution in [0.4, 0.5) is 0 Å². The Morgan fingerprint density at radius 2 is 2.00 bits per heavy atom. The van der Waals surface area contributed by atoms with Crippen molar-refractivity contribution in [3.63, 3.8) is 0 Å². The highest BCUT2D eigenvalue weighted by molar-refractivity contribution is 5.74. The van der Waals surface area contributed by atoms with Gasteiger partial charge in [0.05, 0.1) is 5.41 Å². The van der Waals surface area contributed by atoms with Crippen molar-refractivity contribution in [3.8, 4) is 0 Å². The first-order valence-corrected chi connectivity index (χ1v) is 4.84. The van der Waals surface area contributed by atoms with Gasteiger partial charge in [-0.1, -0.05) is 13.8 Å². The average Bonchev–Trinajstić information content (AvgIpc) is 2.06. The SMILES string of the molecule is CCC1(C(=O)O)CCC(C)CC1. The Kier molecular flexibility index (Phi) is 2.76. The first kappa shape index (κ1) is 9.56. The van der Waals surface area contributed by atoms with Crippen LogP contribution in [-0.2, 0) is 4.79 Å². The average molecular weight is 170 g/mol. The Balaban J connectivity index is 2.63. The molecule has 0 aromatic heterocycles. The number of carboxylic acids is 1. The predicted octanol–water partition coefficient (Wildman–Crippen LogP) is 2.68. The second-order valence-corrected chi connectivity index (χ2v) is 4.12. The van der Waals surface area contributed by atoms with Crippen molar-refractivity contribution in [2.24, 2.45) is 11.3 Å². The maximum absolute atomic E-state index is 11.0. The Morgan fingerprint density at radius 1 is 1.50 bits per heavy atom. The third-order valence-corrected chi connectivity index (χ3v) is 3.36. The number of carbonyl (C=O) groups is 1. The minimum Gasteiger partial charge on any atom is -0.481 e. The van der Waals surface area contributed by atoms with Gasteiger partial charge in [-0.2, -0.15) is 0 Å². The fourth-order valence-electron chi connectivity index (χ4n) is 2.03. The van der Waals surface area contributed by atoms with E-state index in [9.17, 15) is 4.79 Å². The van der Waals surface area contributed by atoms with Gasteiger partial charge >= 0.3 is 5.97 Å². The number of carboxylic acid groups (broad SMARTS) is 1. The van der Waals surface area contributed by atoms with Gasteiger partial charge in [-0.05, 0) is 38.0 Å². The van der Waals surface area contributed by atoms with Crippen LogP contribution in [0.1, 0.15) is 46.0 Å². The van der Waals surface area contributed by atoms with Crippen molar-refractivity contribution in [1.82, 2.24) is 0 Å². The van der Waals surface area contributed by atoms with E-state index in [0.717, 1.165) is 38.0 Å². The van der Waals surface area contributed by atoms with Crippen molar-refractivity contribution in [2.75, 3.05) is 0 Å². The molecule has 1 fully saturated rings. The summed E-state index contributed by atoms with van der Waals surface area (Å²) in [6.45, 7) is 4.20. The third-order valence-electron chi connectivity index (χ3n) is 3.36. The molecule has 2 heteroatoms. The van der Waals surface area contributed by atoms with E-state index in [1.54, 1.807) is 0 Å². The molecule has 1 saturated carbocycles. The lowest BCUT2D eigenvalue weighted by Gasteiger charge is -2.34. The molecule has 0 radical (unpaired) electrons. The van der Waals surface area contributed by atoms with E-state index in [-0.39, 0.29) is 5.41 Å². The van der Waals surface area contributed by atoms with Gasteiger partial charge in [-0.15, -0.1) is 0 Å². The summed E-state index contributed by atoms with van der Waals surface area (Å²) >= 11 is 0. The third kappa shape index (κ3) is 1.62. The topological polar surface area (TPSA) is 37.3 Å². The molecule has 0 unspecified atom stereocenters. The quantitative estimate of drug-likeness (QED) is 0.691. The summed E-state index contributed by atoms with van der Waals surface area (Å²) in [5.74, 6) is 0.140. The van der Waals surface area contributed by atoms with Crippen molar-refractivity contribution in [3.05, 3.63) is 0 Å². The van der Waals surface area contributed by atoms with Crippen LogP contribution < -0.4 is 0 Å². The van der Waals surface area contributed by atoms with E-state index >= 15 is 0 Å². The first-order chi connectivity index (χ1) is 5.60. The molecule has 1 rings (SSSR count). The fourth-order valence-corrected chi connectivity index (χ4v) is 2.03. The summed E-state index contributed by atoms with van der Waals surface area (Å²) in [5, 5.41) is 9.08. The minimum atomic E-state index is -0.586. The number of hydrogen-bond acceptors (Lipinski definition) is 1. The van der Waals surface area contributed by atoms with Crippen LogP contribution in [0.15, 0.2) is 0 Å². The molecule has 0 atom stereocenters. The van der Waals surface area contributed by atoms with E-state index in [2.05, 4.69) is 6.92 Å². The maximum Gasteiger partial charge on any atom is 0.309 e. The zero-order valence-corrected chi connectivity index (χ0v) is 7.97. The molecule has 0 saturated heterocycles. The van der Waals surface area contributed by atoms with E-state index in [0.29, 0.717) is 0 Å². The van der Waals surface area contributed by atoms with Gasteiger partial charge in [0, 0.05) is 0 Å². The second-order valence-electron chi connectivity index (χ2n) is 4.12. The molecule has 0 aliphatic heterocycles. The van der Waals surface area contributed by atoms with Crippen molar-refractivity contribution in [2.45, 2.75) is 46.0 Å².